The number of benzene rings is 3. The third-order valence-electron chi connectivity index (χ3n) is 9.16. The highest BCUT2D eigenvalue weighted by Crippen LogP contribution is 2.39. The summed E-state index contributed by atoms with van der Waals surface area (Å²) >= 11 is 0. The quantitative estimate of drug-likeness (QED) is 0.211. The molecule has 10 nitrogen and oxygen atoms in total. The lowest BCUT2D eigenvalue weighted by atomic mass is 10.0. The van der Waals surface area contributed by atoms with Crippen molar-refractivity contribution < 1.29 is 19.1 Å². The average molecular weight is 587 g/mol. The molecule has 44 heavy (non-hydrogen) atoms. The Morgan fingerprint density at radius 3 is 2.11 bits per heavy atom. The summed E-state index contributed by atoms with van der Waals surface area (Å²) in [4.78, 5) is 49.6. The molecule has 0 bridgehead atoms. The summed E-state index contributed by atoms with van der Waals surface area (Å²) in [5.74, 6) is -0.193. The van der Waals surface area contributed by atoms with Crippen molar-refractivity contribution in [2.75, 3.05) is 47.2 Å². The Morgan fingerprint density at radius 2 is 1.43 bits per heavy atom. The van der Waals surface area contributed by atoms with Gasteiger partial charge in [-0.3, -0.25) is 14.9 Å². The zero-order valence-corrected chi connectivity index (χ0v) is 24.2. The van der Waals surface area contributed by atoms with Gasteiger partial charge in [0.2, 0.25) is 0 Å². The highest BCUT2D eigenvalue weighted by molar-refractivity contribution is 6.13. The molecule has 3 aliphatic heterocycles. The van der Waals surface area contributed by atoms with E-state index in [4.69, 9.17) is 4.74 Å². The van der Waals surface area contributed by atoms with Crippen LogP contribution in [0.4, 0.5) is 27.5 Å². The van der Waals surface area contributed by atoms with Crippen molar-refractivity contribution in [3.05, 3.63) is 88.8 Å². The van der Waals surface area contributed by atoms with Gasteiger partial charge in [-0.2, -0.15) is 0 Å². The molecule has 5 aromatic rings. The van der Waals surface area contributed by atoms with Gasteiger partial charge < -0.3 is 29.8 Å². The minimum atomic E-state index is -0.563. The fourth-order valence-electron chi connectivity index (χ4n) is 7.09. The van der Waals surface area contributed by atoms with Crippen LogP contribution in [0.15, 0.2) is 55.1 Å². The van der Waals surface area contributed by atoms with Crippen molar-refractivity contribution in [3.8, 4) is 0 Å². The molecular weight excluding hydrogens is 556 g/mol. The SMILES string of the molecule is C=Cc1c(NC(=O)OC)ccc2c1CCN2C(=O)c1cc2c3c(ccc2[nH]1)N(C(=O)c1cc2c4c(ccc2[nH]1)NCC4)CC3. The zero-order valence-electron chi connectivity index (χ0n) is 24.2. The van der Waals surface area contributed by atoms with Crippen molar-refractivity contribution in [2.24, 2.45) is 0 Å². The number of ether oxygens (including phenoxy) is 1. The maximum absolute atomic E-state index is 13.8. The summed E-state index contributed by atoms with van der Waals surface area (Å²) in [6, 6.07) is 15.5. The van der Waals surface area contributed by atoms with E-state index < -0.39 is 6.09 Å². The van der Waals surface area contributed by atoms with E-state index in [1.807, 2.05) is 41.3 Å². The molecule has 3 amide bonds. The number of hydrogen-bond acceptors (Lipinski definition) is 5. The molecule has 0 unspecified atom stereocenters. The molecule has 3 aliphatic rings. The lowest BCUT2D eigenvalue weighted by molar-refractivity contribution is 0.0978. The van der Waals surface area contributed by atoms with Crippen LogP contribution in [-0.4, -0.2) is 54.6 Å². The van der Waals surface area contributed by atoms with E-state index in [0.717, 1.165) is 68.5 Å². The van der Waals surface area contributed by atoms with E-state index in [2.05, 4.69) is 33.2 Å². The lowest BCUT2D eigenvalue weighted by Crippen LogP contribution is -2.29. The third-order valence-corrected chi connectivity index (χ3v) is 9.16. The van der Waals surface area contributed by atoms with E-state index in [1.165, 1.54) is 12.7 Å². The molecule has 10 heteroatoms. The third kappa shape index (κ3) is 3.83. The molecule has 220 valence electrons. The molecule has 0 spiro atoms. The van der Waals surface area contributed by atoms with Gasteiger partial charge in [0.1, 0.15) is 11.4 Å². The Hall–Kier alpha value is -5.51. The molecule has 4 N–H and O–H groups in total. The first-order valence-corrected chi connectivity index (χ1v) is 14.7. The number of fused-ring (bicyclic) bond motifs is 7. The molecule has 0 saturated carbocycles. The Kier molecular flexibility index (Phi) is 5.80. The van der Waals surface area contributed by atoms with Gasteiger partial charge in [0.25, 0.3) is 11.8 Å². The highest BCUT2D eigenvalue weighted by Gasteiger charge is 2.32. The number of rotatable bonds is 4. The van der Waals surface area contributed by atoms with Crippen LogP contribution in [0.1, 0.15) is 43.2 Å². The molecule has 0 saturated heterocycles. The van der Waals surface area contributed by atoms with E-state index in [9.17, 15) is 14.4 Å². The topological polar surface area (TPSA) is 123 Å². The number of carbonyl (C=O) groups is 3. The number of aromatic nitrogens is 2. The number of carbonyl (C=O) groups excluding carboxylic acids is 3. The van der Waals surface area contributed by atoms with Gasteiger partial charge in [-0.25, -0.2) is 4.79 Å². The molecule has 5 heterocycles. The highest BCUT2D eigenvalue weighted by atomic mass is 16.5. The predicted octanol–water partition coefficient (Wildman–Crippen LogP) is 5.84. The van der Waals surface area contributed by atoms with E-state index in [-0.39, 0.29) is 11.8 Å². The number of hydrogen-bond donors (Lipinski definition) is 4. The zero-order chi connectivity index (χ0) is 30.1. The first-order valence-electron chi connectivity index (χ1n) is 14.7. The van der Waals surface area contributed by atoms with Gasteiger partial charge in [-0.15, -0.1) is 0 Å². The Balaban J connectivity index is 1.09. The number of nitrogens with zero attached hydrogens (tertiary/aromatic N) is 2. The van der Waals surface area contributed by atoms with Gasteiger partial charge in [-0.1, -0.05) is 12.7 Å². The first-order chi connectivity index (χ1) is 21.4. The van der Waals surface area contributed by atoms with Crippen LogP contribution >= 0.6 is 0 Å². The number of anilines is 4. The minimum absolute atomic E-state index is 0.0569. The maximum Gasteiger partial charge on any atom is 0.411 e. The second-order valence-corrected chi connectivity index (χ2v) is 11.4. The molecule has 3 aromatic carbocycles. The normalized spacial score (nSPS) is 14.8. The number of methoxy groups -OCH3 is 1. The van der Waals surface area contributed by atoms with Crippen molar-refractivity contribution in [3.63, 3.8) is 0 Å². The Bertz CT molecular complexity index is 2070. The van der Waals surface area contributed by atoms with Crippen molar-refractivity contribution in [2.45, 2.75) is 19.3 Å². The van der Waals surface area contributed by atoms with Crippen LogP contribution in [0.2, 0.25) is 0 Å². The summed E-state index contributed by atoms with van der Waals surface area (Å²) in [6.07, 6.45) is 3.42. The van der Waals surface area contributed by atoms with Crippen molar-refractivity contribution in [1.82, 2.24) is 9.97 Å². The van der Waals surface area contributed by atoms with Gasteiger partial charge in [0.15, 0.2) is 0 Å². The Labute approximate surface area is 252 Å². The summed E-state index contributed by atoms with van der Waals surface area (Å²) < 4.78 is 4.74. The maximum atomic E-state index is 13.8. The van der Waals surface area contributed by atoms with Crippen LogP contribution in [-0.2, 0) is 24.0 Å². The number of nitrogens with one attached hydrogen (secondary N) is 4. The van der Waals surface area contributed by atoms with Gasteiger partial charge in [0.05, 0.1) is 12.8 Å². The van der Waals surface area contributed by atoms with Crippen LogP contribution < -0.4 is 20.4 Å². The number of aromatic amines is 2. The number of H-pyrrole nitrogens is 2. The first kappa shape index (κ1) is 26.1. The lowest BCUT2D eigenvalue weighted by Gasteiger charge is -2.18. The van der Waals surface area contributed by atoms with Crippen LogP contribution in [0, 0.1) is 0 Å². The van der Waals surface area contributed by atoms with Crippen LogP contribution in [0.3, 0.4) is 0 Å². The minimum Gasteiger partial charge on any atom is -0.453 e. The van der Waals surface area contributed by atoms with Gasteiger partial charge >= 0.3 is 6.09 Å². The average Bonchev–Trinajstić information content (AvgIpc) is 3.86. The standard InChI is InChI=1S/C34H30N6O4/c1-3-18-20-11-14-39(30(20)8-6-25(18)38-34(43)44-2)33(42)29-17-23-21-12-15-40(31(21)9-7-27(23)37-29)32(41)28-16-22-19-10-13-35-24(19)4-5-26(22)36-28/h3-9,16-17,35-37H,1,10-15H2,2H3,(H,38,43). The van der Waals surface area contributed by atoms with Crippen LogP contribution in [0.25, 0.3) is 27.9 Å². The summed E-state index contributed by atoms with van der Waals surface area (Å²) in [6.45, 7) is 5.91. The van der Waals surface area contributed by atoms with Crippen molar-refractivity contribution >= 4 is 68.5 Å². The summed E-state index contributed by atoms with van der Waals surface area (Å²) in [5.41, 5.74) is 10.3. The van der Waals surface area contributed by atoms with Gasteiger partial charge in [-0.05, 0) is 84.5 Å². The van der Waals surface area contributed by atoms with Crippen molar-refractivity contribution in [1.29, 1.82) is 0 Å². The van der Waals surface area contributed by atoms with Crippen LogP contribution in [0.5, 0.6) is 0 Å². The molecule has 0 atom stereocenters. The van der Waals surface area contributed by atoms with E-state index in [1.54, 1.807) is 17.0 Å². The second kappa shape index (κ2) is 9.77. The molecule has 8 rings (SSSR count). The Morgan fingerprint density at radius 1 is 0.818 bits per heavy atom. The fraction of sp³-hybridized carbons (Fsp3) is 0.206. The number of amides is 3. The molecule has 0 aliphatic carbocycles. The molecular formula is C34H30N6O4. The van der Waals surface area contributed by atoms with E-state index >= 15 is 0 Å². The van der Waals surface area contributed by atoms with Gasteiger partial charge in [0, 0.05) is 64.1 Å². The van der Waals surface area contributed by atoms with E-state index in [0.29, 0.717) is 43.0 Å². The fourth-order valence-corrected chi connectivity index (χ4v) is 7.09. The monoisotopic (exact) mass is 586 g/mol. The second-order valence-electron chi connectivity index (χ2n) is 11.4. The molecule has 0 fully saturated rings. The summed E-state index contributed by atoms with van der Waals surface area (Å²) in [5, 5.41) is 8.17. The molecule has 0 radical (unpaired) electrons. The summed E-state index contributed by atoms with van der Waals surface area (Å²) in [7, 11) is 1.31. The smallest absolute Gasteiger partial charge is 0.411 e. The largest absolute Gasteiger partial charge is 0.453 e. The molecule has 2 aromatic heterocycles. The predicted molar refractivity (Wildman–Crippen MR) is 172 cm³/mol.